The zero-order valence-corrected chi connectivity index (χ0v) is 30.5. The number of aromatic amines is 1. The van der Waals surface area contributed by atoms with Gasteiger partial charge in [-0.1, -0.05) is 41.5 Å². The summed E-state index contributed by atoms with van der Waals surface area (Å²) in [7, 11) is 0.233. The Balaban J connectivity index is 1.28. The number of nitrogens with zero attached hydrogens (tertiary/aromatic N) is 6. The monoisotopic (exact) mass is 667 g/mol. The van der Waals surface area contributed by atoms with Crippen LogP contribution in [0, 0.1) is 5.82 Å². The van der Waals surface area contributed by atoms with E-state index in [-0.39, 0.29) is 5.82 Å². The SMILES string of the molecule is CC(C)[Si](OCCCn1cc(-c2ccnc3nc(-c4ccc(N5CCN(C)CC5)cc4)[nH]c23)c(-c2ccc(F)cc2)n1)(C(C)C)C(C)C. The van der Waals surface area contributed by atoms with Crippen LogP contribution in [0.2, 0.25) is 16.6 Å². The number of hydrogen-bond donors (Lipinski definition) is 1. The minimum Gasteiger partial charge on any atom is -0.416 e. The summed E-state index contributed by atoms with van der Waals surface area (Å²) in [4.78, 5) is 17.9. The highest BCUT2D eigenvalue weighted by molar-refractivity contribution is 6.77. The maximum Gasteiger partial charge on any atom is 0.200 e. The third-order valence-electron chi connectivity index (χ3n) is 10.2. The number of piperazine rings is 1. The molecule has 3 aromatic heterocycles. The van der Waals surface area contributed by atoms with E-state index < -0.39 is 8.32 Å². The lowest BCUT2D eigenvalue weighted by atomic mass is 10.0. The molecule has 1 fully saturated rings. The molecule has 1 aliphatic heterocycles. The van der Waals surface area contributed by atoms with Crippen LogP contribution in [0.15, 0.2) is 67.0 Å². The first-order valence-corrected chi connectivity index (χ1v) is 19.6. The number of fused-ring (bicyclic) bond motifs is 1. The molecule has 0 aliphatic carbocycles. The summed E-state index contributed by atoms with van der Waals surface area (Å²) >= 11 is 0. The Labute approximate surface area is 285 Å². The summed E-state index contributed by atoms with van der Waals surface area (Å²) in [6.45, 7) is 19.5. The molecule has 1 N–H and O–H groups in total. The number of aryl methyl sites for hydroxylation is 1. The molecular formula is C38H50FN7OSi. The number of nitrogens with one attached hydrogen (secondary N) is 1. The topological polar surface area (TPSA) is 75.1 Å². The van der Waals surface area contributed by atoms with Crippen LogP contribution in [0.5, 0.6) is 0 Å². The fourth-order valence-corrected chi connectivity index (χ4v) is 13.2. The summed E-state index contributed by atoms with van der Waals surface area (Å²) in [5, 5.41) is 5.04. The summed E-state index contributed by atoms with van der Waals surface area (Å²) in [5.74, 6) is 0.504. The molecule has 6 rings (SSSR count). The lowest BCUT2D eigenvalue weighted by Gasteiger charge is -2.42. The molecule has 48 heavy (non-hydrogen) atoms. The molecule has 0 spiro atoms. The molecule has 0 amide bonds. The molecule has 10 heteroatoms. The van der Waals surface area contributed by atoms with Crippen LogP contribution < -0.4 is 4.90 Å². The van der Waals surface area contributed by atoms with E-state index in [1.165, 1.54) is 17.8 Å². The van der Waals surface area contributed by atoms with E-state index in [4.69, 9.17) is 14.5 Å². The van der Waals surface area contributed by atoms with Crippen molar-refractivity contribution in [1.29, 1.82) is 0 Å². The molecule has 5 aromatic rings. The molecule has 0 bridgehead atoms. The van der Waals surface area contributed by atoms with Gasteiger partial charge in [0, 0.05) is 79.7 Å². The van der Waals surface area contributed by atoms with Gasteiger partial charge in [-0.05, 0) is 84.7 Å². The average molecular weight is 668 g/mol. The molecule has 0 radical (unpaired) electrons. The van der Waals surface area contributed by atoms with Crippen molar-refractivity contribution >= 4 is 25.2 Å². The first-order valence-electron chi connectivity index (χ1n) is 17.4. The second kappa shape index (κ2) is 14.3. The first kappa shape index (κ1) is 34.0. The fourth-order valence-electron chi connectivity index (χ4n) is 7.70. The highest BCUT2D eigenvalue weighted by Gasteiger charge is 2.44. The average Bonchev–Trinajstić information content (AvgIpc) is 3.70. The number of imidazole rings is 1. The fraction of sp³-hybridized carbons (Fsp3) is 0.447. The minimum atomic E-state index is -1.94. The number of hydrogen-bond acceptors (Lipinski definition) is 6. The Kier molecular flexibility index (Phi) is 10.1. The smallest absolute Gasteiger partial charge is 0.200 e. The summed E-state index contributed by atoms with van der Waals surface area (Å²) < 4.78 is 22.8. The van der Waals surface area contributed by atoms with E-state index >= 15 is 0 Å². The number of anilines is 1. The van der Waals surface area contributed by atoms with Gasteiger partial charge in [0.2, 0.25) is 0 Å². The zero-order valence-electron chi connectivity index (χ0n) is 29.5. The summed E-state index contributed by atoms with van der Waals surface area (Å²) in [6, 6.07) is 17.2. The van der Waals surface area contributed by atoms with E-state index in [1.54, 1.807) is 18.3 Å². The van der Waals surface area contributed by atoms with Crippen molar-refractivity contribution in [2.75, 3.05) is 44.7 Å². The molecule has 8 nitrogen and oxygen atoms in total. The van der Waals surface area contributed by atoms with Crippen molar-refractivity contribution in [3.8, 4) is 33.8 Å². The Bertz CT molecular complexity index is 1780. The molecule has 1 aliphatic rings. The van der Waals surface area contributed by atoms with Gasteiger partial charge in [-0.15, -0.1) is 0 Å². The van der Waals surface area contributed by atoms with Crippen molar-refractivity contribution in [3.63, 3.8) is 0 Å². The van der Waals surface area contributed by atoms with E-state index in [2.05, 4.69) is 98.8 Å². The molecule has 1 saturated heterocycles. The number of aromatic nitrogens is 5. The molecule has 2 aromatic carbocycles. The van der Waals surface area contributed by atoms with Crippen molar-refractivity contribution in [3.05, 3.63) is 72.8 Å². The van der Waals surface area contributed by atoms with Crippen molar-refractivity contribution < 1.29 is 8.82 Å². The molecule has 4 heterocycles. The van der Waals surface area contributed by atoms with E-state index in [9.17, 15) is 4.39 Å². The zero-order chi connectivity index (χ0) is 34.0. The van der Waals surface area contributed by atoms with Crippen molar-refractivity contribution in [2.24, 2.45) is 0 Å². The van der Waals surface area contributed by atoms with E-state index in [0.717, 1.165) is 78.4 Å². The van der Waals surface area contributed by atoms with Gasteiger partial charge in [-0.25, -0.2) is 14.4 Å². The number of rotatable bonds is 12. The van der Waals surface area contributed by atoms with Crippen LogP contribution >= 0.6 is 0 Å². The third kappa shape index (κ3) is 6.84. The van der Waals surface area contributed by atoms with Gasteiger partial charge >= 0.3 is 0 Å². The highest BCUT2D eigenvalue weighted by atomic mass is 28.4. The lowest BCUT2D eigenvalue weighted by molar-refractivity contribution is 0.263. The number of H-pyrrole nitrogens is 1. The lowest BCUT2D eigenvalue weighted by Crippen LogP contribution is -2.48. The van der Waals surface area contributed by atoms with E-state index in [0.29, 0.717) is 28.9 Å². The van der Waals surface area contributed by atoms with Gasteiger partial charge < -0.3 is 19.2 Å². The van der Waals surface area contributed by atoms with Gasteiger partial charge in [0.15, 0.2) is 14.0 Å². The predicted octanol–water partition coefficient (Wildman–Crippen LogP) is 8.63. The van der Waals surface area contributed by atoms with Crippen molar-refractivity contribution in [1.82, 2.24) is 29.6 Å². The standard InChI is InChI=1S/C38H50FN7OSi/c1-26(2)48(27(3)4,28(5)6)47-24-8-19-46-25-34(35(43-46)29-9-13-31(39)14-10-29)33-17-18-40-38-36(33)41-37(42-38)30-11-15-32(16-12-30)45-22-20-44(7)21-23-45/h9-18,25-28H,8,19-24H2,1-7H3,(H,40,41,42). The van der Waals surface area contributed by atoms with Gasteiger partial charge in [-0.3, -0.25) is 4.68 Å². The molecule has 0 saturated carbocycles. The second-order valence-corrected chi connectivity index (χ2v) is 19.6. The Hall–Kier alpha value is -3.86. The summed E-state index contributed by atoms with van der Waals surface area (Å²) in [6.07, 6.45) is 4.75. The van der Waals surface area contributed by atoms with Crippen LogP contribution in [0.1, 0.15) is 48.0 Å². The Morgan fingerprint density at radius 3 is 2.12 bits per heavy atom. The molecule has 0 unspecified atom stereocenters. The van der Waals surface area contributed by atoms with Crippen LogP contribution in [-0.4, -0.2) is 77.8 Å². The molecule has 0 atom stereocenters. The summed E-state index contributed by atoms with van der Waals surface area (Å²) in [5.41, 5.74) is 8.93. The Morgan fingerprint density at radius 2 is 1.48 bits per heavy atom. The molecule has 254 valence electrons. The van der Waals surface area contributed by atoms with Crippen LogP contribution in [-0.2, 0) is 11.0 Å². The number of halogens is 1. The van der Waals surface area contributed by atoms with Crippen LogP contribution in [0.25, 0.3) is 44.9 Å². The van der Waals surface area contributed by atoms with Gasteiger partial charge in [0.1, 0.15) is 17.3 Å². The van der Waals surface area contributed by atoms with Crippen LogP contribution in [0.4, 0.5) is 10.1 Å². The maximum atomic E-state index is 14.0. The number of benzene rings is 2. The third-order valence-corrected chi connectivity index (χ3v) is 16.3. The van der Waals surface area contributed by atoms with E-state index in [1.807, 2.05) is 10.7 Å². The first-order chi connectivity index (χ1) is 23.1. The normalized spacial score (nSPS) is 14.7. The Morgan fingerprint density at radius 1 is 0.833 bits per heavy atom. The quantitative estimate of drug-likeness (QED) is 0.106. The van der Waals surface area contributed by atoms with Crippen LogP contribution in [0.3, 0.4) is 0 Å². The van der Waals surface area contributed by atoms with Gasteiger partial charge in [0.05, 0.1) is 5.52 Å². The second-order valence-electron chi connectivity index (χ2n) is 14.2. The number of likely N-dealkylation sites (N-methyl/N-ethyl adjacent to an activating group) is 1. The maximum absolute atomic E-state index is 14.0. The largest absolute Gasteiger partial charge is 0.416 e. The van der Waals surface area contributed by atoms with Gasteiger partial charge in [0.25, 0.3) is 0 Å². The number of pyridine rings is 1. The minimum absolute atomic E-state index is 0.270. The molecular weight excluding hydrogens is 618 g/mol. The van der Waals surface area contributed by atoms with Gasteiger partial charge in [-0.2, -0.15) is 5.10 Å². The predicted molar refractivity (Wildman–Crippen MR) is 197 cm³/mol. The van der Waals surface area contributed by atoms with Crippen molar-refractivity contribution in [2.45, 2.75) is 71.1 Å². The highest BCUT2D eigenvalue weighted by Crippen LogP contribution is 2.42.